The van der Waals surface area contributed by atoms with Gasteiger partial charge in [-0.25, -0.2) is 4.98 Å². The fourth-order valence-corrected chi connectivity index (χ4v) is 3.52. The number of nitrogens with zero attached hydrogens (tertiary/aromatic N) is 1. The maximum Gasteiger partial charge on any atom is 0.226 e. The number of benzene rings is 2. The molecule has 4 nitrogen and oxygen atoms in total. The zero-order valence-electron chi connectivity index (χ0n) is 15.6. The molecule has 0 spiro atoms. The number of aromatic nitrogens is 1. The van der Waals surface area contributed by atoms with Gasteiger partial charge in [0.05, 0.1) is 6.10 Å². The molecule has 0 fully saturated rings. The van der Waals surface area contributed by atoms with Crippen molar-refractivity contribution in [2.75, 3.05) is 5.32 Å². The molecule has 5 heteroatoms. The summed E-state index contributed by atoms with van der Waals surface area (Å²) >= 11 is 1.43. The Balaban J connectivity index is 1.75. The van der Waals surface area contributed by atoms with Crippen LogP contribution in [0.3, 0.4) is 0 Å². The summed E-state index contributed by atoms with van der Waals surface area (Å²) in [5.74, 6) is 0.910. The number of hydrogen-bond donors (Lipinski definition) is 1. The van der Waals surface area contributed by atoms with Gasteiger partial charge in [-0.3, -0.25) is 4.79 Å². The minimum atomic E-state index is -0.0200. The first kappa shape index (κ1) is 19.1. The minimum Gasteiger partial charge on any atom is -0.491 e. The first-order valence-corrected chi connectivity index (χ1v) is 9.98. The summed E-state index contributed by atoms with van der Waals surface area (Å²) < 4.78 is 5.73. The molecule has 3 rings (SSSR count). The second-order valence-corrected chi connectivity index (χ2v) is 7.61. The van der Waals surface area contributed by atoms with Crippen LogP contribution in [0.2, 0.25) is 0 Å². The van der Waals surface area contributed by atoms with Gasteiger partial charge in [0.15, 0.2) is 5.13 Å². The molecular formula is C22H24N2O2S. The van der Waals surface area contributed by atoms with Gasteiger partial charge in [-0.05, 0) is 49.4 Å². The predicted molar refractivity (Wildman–Crippen MR) is 110 cm³/mol. The van der Waals surface area contributed by atoms with Gasteiger partial charge in [0.1, 0.15) is 5.75 Å². The summed E-state index contributed by atoms with van der Waals surface area (Å²) in [6, 6.07) is 18.3. The van der Waals surface area contributed by atoms with Crippen LogP contribution in [0.25, 0.3) is 0 Å². The van der Waals surface area contributed by atoms with E-state index in [2.05, 4.69) is 34.6 Å². The zero-order valence-corrected chi connectivity index (χ0v) is 16.4. The molecule has 140 valence electrons. The molecule has 1 amide bonds. The van der Waals surface area contributed by atoms with E-state index in [1.165, 1.54) is 16.9 Å². The van der Waals surface area contributed by atoms with Gasteiger partial charge in [-0.15, -0.1) is 11.3 Å². The molecular weight excluding hydrogens is 356 g/mol. The maximum absolute atomic E-state index is 12.5. The van der Waals surface area contributed by atoms with Crippen LogP contribution in [0.15, 0.2) is 66.2 Å². The molecule has 0 radical (unpaired) electrons. The van der Waals surface area contributed by atoms with Crippen molar-refractivity contribution in [1.82, 2.24) is 4.98 Å². The Morgan fingerprint density at radius 3 is 2.48 bits per heavy atom. The molecule has 0 aliphatic carbocycles. The molecule has 1 unspecified atom stereocenters. The molecule has 0 aliphatic heterocycles. The van der Waals surface area contributed by atoms with Gasteiger partial charge >= 0.3 is 0 Å². The fourth-order valence-electron chi connectivity index (χ4n) is 2.98. The van der Waals surface area contributed by atoms with Crippen molar-refractivity contribution in [3.8, 4) is 5.75 Å². The number of anilines is 1. The van der Waals surface area contributed by atoms with Crippen molar-refractivity contribution >= 4 is 22.4 Å². The maximum atomic E-state index is 12.5. The molecule has 1 aromatic heterocycles. The molecule has 1 atom stereocenters. The zero-order chi connectivity index (χ0) is 19.1. The number of amides is 1. The number of nitrogens with one attached hydrogen (secondary N) is 1. The summed E-state index contributed by atoms with van der Waals surface area (Å²) in [5, 5.41) is 5.38. The lowest BCUT2D eigenvalue weighted by Crippen LogP contribution is -2.17. The molecule has 2 aromatic carbocycles. The number of ether oxygens (including phenoxy) is 1. The lowest BCUT2D eigenvalue weighted by atomic mass is 9.89. The number of carbonyl (C=O) groups excluding carboxylic acids is 1. The summed E-state index contributed by atoms with van der Waals surface area (Å²) in [6.45, 7) is 4.02. The number of rotatable bonds is 8. The number of hydrogen-bond acceptors (Lipinski definition) is 4. The summed E-state index contributed by atoms with van der Waals surface area (Å²) in [4.78, 5) is 16.7. The van der Waals surface area contributed by atoms with Crippen LogP contribution in [-0.2, 0) is 11.2 Å². The highest BCUT2D eigenvalue weighted by molar-refractivity contribution is 7.13. The lowest BCUT2D eigenvalue weighted by Gasteiger charge is -2.18. The molecule has 1 heterocycles. The van der Waals surface area contributed by atoms with Crippen molar-refractivity contribution in [1.29, 1.82) is 0 Å². The second-order valence-electron chi connectivity index (χ2n) is 6.71. The lowest BCUT2D eigenvalue weighted by molar-refractivity contribution is -0.116. The van der Waals surface area contributed by atoms with Crippen molar-refractivity contribution in [2.45, 2.75) is 38.7 Å². The van der Waals surface area contributed by atoms with Crippen LogP contribution in [0.4, 0.5) is 5.13 Å². The van der Waals surface area contributed by atoms with E-state index in [1.54, 1.807) is 6.20 Å². The molecule has 1 N–H and O–H groups in total. The van der Waals surface area contributed by atoms with E-state index in [1.807, 2.05) is 49.6 Å². The van der Waals surface area contributed by atoms with E-state index in [9.17, 15) is 4.79 Å². The molecule has 3 aromatic rings. The first-order valence-electron chi connectivity index (χ1n) is 9.10. The van der Waals surface area contributed by atoms with Gasteiger partial charge in [-0.2, -0.15) is 0 Å². The monoisotopic (exact) mass is 380 g/mol. The standard InChI is InChI=1S/C22H24N2O2S/c1-16(2)26-20-10-8-18(9-11-20)19(14-17-6-4-3-5-7-17)15-21(25)24-22-23-12-13-27-22/h3-13,16,19H,14-15H2,1-2H3,(H,23,24,25). The SMILES string of the molecule is CC(C)Oc1ccc(C(CC(=O)Nc2nccs2)Cc2ccccc2)cc1. The Kier molecular flexibility index (Phi) is 6.60. The number of thiazole rings is 1. The van der Waals surface area contributed by atoms with Gasteiger partial charge in [0, 0.05) is 18.0 Å². The third-order valence-corrected chi connectivity index (χ3v) is 4.85. The van der Waals surface area contributed by atoms with Crippen molar-refractivity contribution in [3.63, 3.8) is 0 Å². The van der Waals surface area contributed by atoms with E-state index in [-0.39, 0.29) is 17.9 Å². The second kappa shape index (κ2) is 9.33. The Morgan fingerprint density at radius 1 is 1.11 bits per heavy atom. The third kappa shape index (κ3) is 5.93. The van der Waals surface area contributed by atoms with Crippen molar-refractivity contribution in [2.24, 2.45) is 0 Å². The van der Waals surface area contributed by atoms with E-state index in [0.29, 0.717) is 11.6 Å². The molecule has 0 bridgehead atoms. The first-order chi connectivity index (χ1) is 13.1. The molecule has 0 saturated carbocycles. The molecule has 0 saturated heterocycles. The summed E-state index contributed by atoms with van der Waals surface area (Å²) in [7, 11) is 0. The van der Waals surface area contributed by atoms with Crippen LogP contribution in [0, 0.1) is 0 Å². The quantitative estimate of drug-likeness (QED) is 0.578. The normalized spacial score (nSPS) is 12.0. The summed E-state index contributed by atoms with van der Waals surface area (Å²) in [6.07, 6.45) is 3.03. The van der Waals surface area contributed by atoms with Gasteiger partial charge in [0.2, 0.25) is 5.91 Å². The van der Waals surface area contributed by atoms with Crippen LogP contribution < -0.4 is 10.1 Å². The van der Waals surface area contributed by atoms with Gasteiger partial charge < -0.3 is 10.1 Å². The van der Waals surface area contributed by atoms with Crippen LogP contribution in [-0.4, -0.2) is 17.0 Å². The van der Waals surface area contributed by atoms with Gasteiger partial charge in [-0.1, -0.05) is 42.5 Å². The average molecular weight is 381 g/mol. The Hall–Kier alpha value is -2.66. The topological polar surface area (TPSA) is 51.2 Å². The van der Waals surface area contributed by atoms with E-state index >= 15 is 0 Å². The highest BCUT2D eigenvalue weighted by Gasteiger charge is 2.18. The highest BCUT2D eigenvalue weighted by Crippen LogP contribution is 2.27. The van der Waals surface area contributed by atoms with Gasteiger partial charge in [0.25, 0.3) is 0 Å². The fraction of sp³-hybridized carbons (Fsp3) is 0.273. The van der Waals surface area contributed by atoms with Crippen LogP contribution >= 0.6 is 11.3 Å². The Morgan fingerprint density at radius 2 is 1.85 bits per heavy atom. The number of carbonyl (C=O) groups is 1. The predicted octanol–water partition coefficient (Wildman–Crippen LogP) is 5.29. The van der Waals surface area contributed by atoms with E-state index < -0.39 is 0 Å². The third-order valence-electron chi connectivity index (χ3n) is 4.16. The van der Waals surface area contributed by atoms with Crippen molar-refractivity contribution < 1.29 is 9.53 Å². The van der Waals surface area contributed by atoms with E-state index in [0.717, 1.165) is 17.7 Å². The van der Waals surface area contributed by atoms with E-state index in [4.69, 9.17) is 4.74 Å². The highest BCUT2D eigenvalue weighted by atomic mass is 32.1. The molecule has 27 heavy (non-hydrogen) atoms. The Bertz CT molecular complexity index is 831. The Labute approximate surface area is 164 Å². The van der Waals surface area contributed by atoms with Crippen LogP contribution in [0.5, 0.6) is 5.75 Å². The van der Waals surface area contributed by atoms with Crippen molar-refractivity contribution in [3.05, 3.63) is 77.3 Å². The smallest absolute Gasteiger partial charge is 0.226 e. The average Bonchev–Trinajstić information content (AvgIpc) is 3.15. The summed E-state index contributed by atoms with van der Waals surface area (Å²) in [5.41, 5.74) is 2.34. The minimum absolute atomic E-state index is 0.0200. The molecule has 0 aliphatic rings. The van der Waals surface area contributed by atoms with Crippen LogP contribution in [0.1, 0.15) is 37.3 Å². The largest absolute Gasteiger partial charge is 0.491 e.